The lowest BCUT2D eigenvalue weighted by Crippen LogP contribution is -2.45. The van der Waals surface area contributed by atoms with E-state index >= 15 is 0 Å². The van der Waals surface area contributed by atoms with Gasteiger partial charge in [-0.25, -0.2) is 0 Å². The summed E-state index contributed by atoms with van der Waals surface area (Å²) in [7, 11) is 0. The van der Waals surface area contributed by atoms with Crippen molar-refractivity contribution in [2.45, 2.75) is 14.1 Å². The van der Waals surface area contributed by atoms with E-state index in [-0.39, 0.29) is 10.1 Å². The second-order valence-corrected chi connectivity index (χ2v) is 8.21. The Balaban J connectivity index is 2.84. The smallest absolute Gasteiger partial charge is 0.227 e. The summed E-state index contributed by atoms with van der Waals surface area (Å²) in [4.78, 5) is 19.4. The van der Waals surface area contributed by atoms with Gasteiger partial charge in [-0.2, -0.15) is 0 Å². The molecular formula is C9H2Cl8O2. The molecule has 1 saturated carbocycles. The zero-order chi connectivity index (χ0) is 15.0. The molecule has 0 aliphatic heterocycles. The average Bonchev–Trinajstić information content (AvgIpc) is 2.48. The molecule has 10 heteroatoms. The van der Waals surface area contributed by atoms with Crippen molar-refractivity contribution < 1.29 is 9.59 Å². The molecule has 0 saturated heterocycles. The number of allylic oxidation sites excluding steroid dienone is 2. The molecule has 0 amide bonds. The van der Waals surface area contributed by atoms with Gasteiger partial charge in [0.25, 0.3) is 0 Å². The van der Waals surface area contributed by atoms with E-state index < -0.39 is 36.4 Å². The molecular weight excluding hydrogens is 424 g/mol. The molecule has 0 N–H and O–H groups in total. The predicted molar refractivity (Wildman–Crippen MR) is 79.0 cm³/mol. The van der Waals surface area contributed by atoms with Gasteiger partial charge < -0.3 is 0 Å². The van der Waals surface area contributed by atoms with Crippen LogP contribution in [0.4, 0.5) is 0 Å². The number of rotatable bonds is 2. The summed E-state index contributed by atoms with van der Waals surface area (Å²) in [6.07, 6.45) is 0. The van der Waals surface area contributed by atoms with Gasteiger partial charge in [0, 0.05) is 0 Å². The first-order valence-corrected chi connectivity index (χ1v) is 7.68. The van der Waals surface area contributed by atoms with Gasteiger partial charge in [0.15, 0.2) is 4.33 Å². The standard InChI is InChI=1S/C9H2Cl8O2/c10-3-4(11)8(15)2(6(13)19)1(5(12)18)7(3,14)9(8,16)17/h1-2H. The van der Waals surface area contributed by atoms with Crippen LogP contribution >= 0.6 is 92.8 Å². The van der Waals surface area contributed by atoms with Crippen LogP contribution in [0.15, 0.2) is 10.1 Å². The Hall–Kier alpha value is 1.40. The maximum absolute atomic E-state index is 11.6. The van der Waals surface area contributed by atoms with Gasteiger partial charge in [-0.1, -0.05) is 46.4 Å². The van der Waals surface area contributed by atoms with E-state index in [0.29, 0.717) is 0 Å². The van der Waals surface area contributed by atoms with Gasteiger partial charge in [0.2, 0.25) is 10.5 Å². The molecule has 0 aromatic carbocycles. The molecule has 0 aromatic rings. The monoisotopic (exact) mass is 422 g/mol. The van der Waals surface area contributed by atoms with E-state index in [9.17, 15) is 9.59 Å². The quantitative estimate of drug-likeness (QED) is 0.479. The minimum absolute atomic E-state index is 0.219. The van der Waals surface area contributed by atoms with Crippen molar-refractivity contribution in [1.29, 1.82) is 0 Å². The summed E-state index contributed by atoms with van der Waals surface area (Å²) in [5.41, 5.74) is 0. The lowest BCUT2D eigenvalue weighted by atomic mass is 9.83. The van der Waals surface area contributed by atoms with Crippen molar-refractivity contribution in [3.63, 3.8) is 0 Å². The Kier molecular flexibility index (Phi) is 4.14. The molecule has 0 aromatic heterocycles. The Morgan fingerprint density at radius 1 is 0.789 bits per heavy atom. The molecule has 2 aliphatic carbocycles. The van der Waals surface area contributed by atoms with Gasteiger partial charge in [-0.05, 0) is 23.2 Å². The first-order valence-electron chi connectivity index (χ1n) is 4.66. The predicted octanol–water partition coefficient (Wildman–Crippen LogP) is 4.60. The fourth-order valence-corrected chi connectivity index (χ4v) is 6.19. The molecule has 1 fully saturated rings. The third-order valence-electron chi connectivity index (χ3n) is 3.42. The van der Waals surface area contributed by atoms with Crippen molar-refractivity contribution in [2.24, 2.45) is 11.8 Å². The van der Waals surface area contributed by atoms with Crippen molar-refractivity contribution in [3.8, 4) is 0 Å². The molecule has 0 spiro atoms. The van der Waals surface area contributed by atoms with Gasteiger partial charge in [-0.15, -0.1) is 23.2 Å². The van der Waals surface area contributed by atoms with E-state index in [1.165, 1.54) is 0 Å². The van der Waals surface area contributed by atoms with Crippen LogP contribution in [0.3, 0.4) is 0 Å². The summed E-state index contributed by atoms with van der Waals surface area (Å²) < 4.78 is -2.03. The van der Waals surface area contributed by atoms with Crippen molar-refractivity contribution >= 4 is 103 Å². The highest BCUT2D eigenvalue weighted by molar-refractivity contribution is 6.73. The zero-order valence-electron chi connectivity index (χ0n) is 8.49. The number of fused-ring (bicyclic) bond motifs is 2. The second-order valence-electron chi connectivity index (χ2n) is 4.19. The van der Waals surface area contributed by atoms with E-state index in [1.54, 1.807) is 0 Å². The van der Waals surface area contributed by atoms with Crippen molar-refractivity contribution in [1.82, 2.24) is 0 Å². The minimum Gasteiger partial charge on any atom is -0.281 e. The van der Waals surface area contributed by atoms with Crippen LogP contribution in [0.5, 0.6) is 0 Å². The molecule has 2 aliphatic rings. The molecule has 2 nitrogen and oxygen atoms in total. The Morgan fingerprint density at radius 3 is 1.26 bits per heavy atom. The molecule has 19 heavy (non-hydrogen) atoms. The summed E-state index contributed by atoms with van der Waals surface area (Å²) in [6.45, 7) is 0. The Labute approximate surface area is 148 Å². The SMILES string of the molecule is O=C(Cl)C1C(C(=O)Cl)C2(Cl)C(Cl)=C(Cl)C1(Cl)C2(Cl)Cl. The van der Waals surface area contributed by atoms with Gasteiger partial charge >= 0.3 is 0 Å². The van der Waals surface area contributed by atoms with Crippen molar-refractivity contribution in [3.05, 3.63) is 10.1 Å². The van der Waals surface area contributed by atoms with Gasteiger partial charge in [0.1, 0.15) is 9.75 Å². The lowest BCUT2D eigenvalue weighted by Gasteiger charge is -2.32. The molecule has 0 radical (unpaired) electrons. The molecule has 106 valence electrons. The maximum Gasteiger partial charge on any atom is 0.227 e. The van der Waals surface area contributed by atoms with Gasteiger partial charge in [0.05, 0.1) is 21.9 Å². The van der Waals surface area contributed by atoms with Gasteiger partial charge in [-0.3, -0.25) is 9.59 Å². The highest BCUT2D eigenvalue weighted by Gasteiger charge is 2.84. The van der Waals surface area contributed by atoms with Crippen LogP contribution in [0.2, 0.25) is 0 Å². The van der Waals surface area contributed by atoms with Crippen LogP contribution in [-0.4, -0.2) is 24.6 Å². The van der Waals surface area contributed by atoms with Crippen LogP contribution in [0, 0.1) is 11.8 Å². The molecule has 4 atom stereocenters. The van der Waals surface area contributed by atoms with E-state index in [2.05, 4.69) is 0 Å². The average molecular weight is 426 g/mol. The van der Waals surface area contributed by atoms with E-state index in [0.717, 1.165) is 0 Å². The Morgan fingerprint density at radius 2 is 1.05 bits per heavy atom. The number of hydrogen-bond donors (Lipinski definition) is 0. The third kappa shape index (κ3) is 1.66. The van der Waals surface area contributed by atoms with Crippen LogP contribution in [-0.2, 0) is 9.59 Å². The van der Waals surface area contributed by atoms with E-state index in [1.807, 2.05) is 0 Å². The highest BCUT2D eigenvalue weighted by Crippen LogP contribution is 2.76. The Bertz CT molecular complexity index is 484. The molecule has 2 rings (SSSR count). The highest BCUT2D eigenvalue weighted by atomic mass is 35.5. The first-order chi connectivity index (χ1) is 8.45. The minimum atomic E-state index is -2.03. The number of hydrogen-bond acceptors (Lipinski definition) is 2. The number of carbonyl (C=O) groups excluding carboxylic acids is 2. The fraction of sp³-hybridized carbons (Fsp3) is 0.556. The number of halogens is 8. The zero-order valence-corrected chi connectivity index (χ0v) is 14.5. The third-order valence-corrected chi connectivity index (χ3v) is 8.15. The summed E-state index contributed by atoms with van der Waals surface area (Å²) in [6, 6.07) is 0. The summed E-state index contributed by atoms with van der Waals surface area (Å²) in [5.74, 6) is -2.77. The number of carbonyl (C=O) groups is 2. The largest absolute Gasteiger partial charge is 0.281 e. The molecule has 4 unspecified atom stereocenters. The molecule has 2 bridgehead atoms. The maximum atomic E-state index is 11.6. The van der Waals surface area contributed by atoms with Crippen LogP contribution in [0.1, 0.15) is 0 Å². The fourth-order valence-electron chi connectivity index (χ4n) is 2.56. The molecule has 0 heterocycles. The number of alkyl halides is 4. The van der Waals surface area contributed by atoms with Crippen molar-refractivity contribution in [2.75, 3.05) is 0 Å². The normalized spacial score (nSPS) is 43.8. The first kappa shape index (κ1) is 16.8. The summed E-state index contributed by atoms with van der Waals surface area (Å²) >= 11 is 47.8. The topological polar surface area (TPSA) is 34.1 Å². The summed E-state index contributed by atoms with van der Waals surface area (Å²) in [5, 5.41) is -2.40. The lowest BCUT2D eigenvalue weighted by molar-refractivity contribution is -0.123. The second kappa shape index (κ2) is 4.70. The van der Waals surface area contributed by atoms with Crippen LogP contribution in [0.25, 0.3) is 0 Å². The van der Waals surface area contributed by atoms with E-state index in [4.69, 9.17) is 92.8 Å². The van der Waals surface area contributed by atoms with Crippen LogP contribution < -0.4 is 0 Å².